The predicted octanol–water partition coefficient (Wildman–Crippen LogP) is 1.80. The van der Waals surface area contributed by atoms with Gasteiger partial charge >= 0.3 is 5.97 Å². The van der Waals surface area contributed by atoms with Gasteiger partial charge in [0.25, 0.3) is 0 Å². The van der Waals surface area contributed by atoms with E-state index in [1.807, 2.05) is 0 Å². The second kappa shape index (κ2) is 4.52. The maximum Gasteiger partial charge on any atom is 0.335 e. The van der Waals surface area contributed by atoms with Crippen LogP contribution in [-0.4, -0.2) is 17.3 Å². The molecule has 5 nitrogen and oxygen atoms in total. The van der Waals surface area contributed by atoms with Crippen molar-refractivity contribution in [3.8, 4) is 5.75 Å². The highest BCUT2D eigenvalue weighted by molar-refractivity contribution is 5.92. The Morgan fingerprint density at radius 2 is 2.24 bits per heavy atom. The topological polar surface area (TPSA) is 85.9 Å². The first-order valence-corrected chi connectivity index (χ1v) is 4.79. The number of rotatable bonds is 3. The highest BCUT2D eigenvalue weighted by Crippen LogP contribution is 2.21. The molecular formula is C12H8NO4-. The lowest BCUT2D eigenvalue weighted by Crippen LogP contribution is -2.02. The Labute approximate surface area is 96.7 Å². The third kappa shape index (κ3) is 2.52. The summed E-state index contributed by atoms with van der Waals surface area (Å²) in [5.41, 5.74) is 0.0949. The van der Waals surface area contributed by atoms with Crippen molar-refractivity contribution in [1.29, 1.82) is 0 Å². The van der Waals surface area contributed by atoms with Gasteiger partial charge in [0.1, 0.15) is 5.76 Å². The van der Waals surface area contributed by atoms with Crippen LogP contribution in [0.1, 0.15) is 16.1 Å². The summed E-state index contributed by atoms with van der Waals surface area (Å²) in [4.78, 5) is 14.7. The Morgan fingerprint density at radius 1 is 1.41 bits per heavy atom. The molecule has 1 heterocycles. The summed E-state index contributed by atoms with van der Waals surface area (Å²) in [6.07, 6.45) is 2.95. The highest BCUT2D eigenvalue weighted by Gasteiger charge is 2.04. The quantitative estimate of drug-likeness (QED) is 0.814. The van der Waals surface area contributed by atoms with Crippen molar-refractivity contribution in [3.63, 3.8) is 0 Å². The molecule has 2 aromatic rings. The van der Waals surface area contributed by atoms with Gasteiger partial charge in [-0.25, -0.2) is 4.79 Å². The molecule has 86 valence electrons. The van der Waals surface area contributed by atoms with Crippen LogP contribution in [0.2, 0.25) is 0 Å². The molecule has 0 amide bonds. The van der Waals surface area contributed by atoms with Crippen molar-refractivity contribution >= 4 is 17.9 Å². The molecule has 1 aromatic heterocycles. The van der Waals surface area contributed by atoms with Crippen molar-refractivity contribution < 1.29 is 19.4 Å². The van der Waals surface area contributed by atoms with Crippen molar-refractivity contribution in [2.75, 3.05) is 0 Å². The van der Waals surface area contributed by atoms with Crippen LogP contribution in [0.5, 0.6) is 5.75 Å². The Morgan fingerprint density at radius 3 is 2.88 bits per heavy atom. The molecule has 0 bridgehead atoms. The molecule has 17 heavy (non-hydrogen) atoms. The fourth-order valence-corrected chi connectivity index (χ4v) is 1.27. The number of carboxylic acid groups (broad SMARTS) is 1. The van der Waals surface area contributed by atoms with E-state index in [1.54, 1.807) is 12.1 Å². The van der Waals surface area contributed by atoms with Gasteiger partial charge in [0, 0.05) is 0 Å². The van der Waals surface area contributed by atoms with Gasteiger partial charge in [-0.2, -0.15) is 0 Å². The van der Waals surface area contributed by atoms with E-state index in [4.69, 9.17) is 9.52 Å². The molecule has 0 saturated heterocycles. The summed E-state index contributed by atoms with van der Waals surface area (Å²) >= 11 is 0. The van der Waals surface area contributed by atoms with Gasteiger partial charge in [-0.15, -0.1) is 0 Å². The van der Waals surface area contributed by atoms with E-state index in [2.05, 4.69) is 4.99 Å². The van der Waals surface area contributed by atoms with E-state index >= 15 is 0 Å². The largest absolute Gasteiger partial charge is 0.872 e. The zero-order chi connectivity index (χ0) is 12.3. The second-order valence-electron chi connectivity index (χ2n) is 3.26. The Kier molecular flexibility index (Phi) is 2.91. The molecule has 0 fully saturated rings. The monoisotopic (exact) mass is 230 g/mol. The zero-order valence-electron chi connectivity index (χ0n) is 8.66. The molecule has 0 aliphatic rings. The molecular weight excluding hydrogens is 222 g/mol. The standard InChI is InChI=1S/C12H9NO4/c14-11-4-3-8(6-10(11)12(15)16)13-7-9-2-1-5-17-9/h1-7,14H,(H,15,16)/p-1. The number of furan rings is 1. The van der Waals surface area contributed by atoms with Crippen LogP contribution >= 0.6 is 0 Å². The van der Waals surface area contributed by atoms with Crippen LogP contribution in [0.3, 0.4) is 0 Å². The Hall–Kier alpha value is -2.56. The molecule has 0 aliphatic heterocycles. The van der Waals surface area contributed by atoms with Crippen molar-refractivity contribution in [2.45, 2.75) is 0 Å². The molecule has 0 saturated carbocycles. The van der Waals surface area contributed by atoms with Crippen LogP contribution in [0, 0.1) is 0 Å². The average molecular weight is 230 g/mol. The summed E-state index contributed by atoms with van der Waals surface area (Å²) in [5, 5.41) is 20.0. The van der Waals surface area contributed by atoms with Gasteiger partial charge in [0.2, 0.25) is 0 Å². The first-order chi connectivity index (χ1) is 8.16. The fourth-order valence-electron chi connectivity index (χ4n) is 1.27. The van der Waals surface area contributed by atoms with Crippen LogP contribution in [0.4, 0.5) is 5.69 Å². The minimum atomic E-state index is -1.26. The van der Waals surface area contributed by atoms with Crippen LogP contribution in [0.25, 0.3) is 0 Å². The summed E-state index contributed by atoms with van der Waals surface area (Å²) < 4.78 is 5.03. The van der Waals surface area contributed by atoms with E-state index in [-0.39, 0.29) is 5.56 Å². The van der Waals surface area contributed by atoms with Crippen LogP contribution in [-0.2, 0) is 0 Å². The zero-order valence-corrected chi connectivity index (χ0v) is 8.66. The Balaban J connectivity index is 2.28. The number of hydrogen-bond donors (Lipinski definition) is 1. The molecule has 0 radical (unpaired) electrons. The normalized spacial score (nSPS) is 10.8. The number of hydrogen-bond acceptors (Lipinski definition) is 4. The van der Waals surface area contributed by atoms with E-state index in [0.717, 1.165) is 0 Å². The third-order valence-corrected chi connectivity index (χ3v) is 2.08. The summed E-state index contributed by atoms with van der Waals surface area (Å²) in [6, 6.07) is 7.28. The third-order valence-electron chi connectivity index (χ3n) is 2.08. The molecule has 0 aliphatic carbocycles. The van der Waals surface area contributed by atoms with Gasteiger partial charge in [0.05, 0.1) is 23.7 Å². The van der Waals surface area contributed by atoms with Gasteiger partial charge in [0.15, 0.2) is 0 Å². The maximum atomic E-state index is 11.2. The number of aromatic carboxylic acids is 1. The Bertz CT molecular complexity index is 558. The van der Waals surface area contributed by atoms with Crippen LogP contribution < -0.4 is 5.11 Å². The van der Waals surface area contributed by atoms with E-state index in [0.29, 0.717) is 11.4 Å². The molecule has 1 aromatic carbocycles. The van der Waals surface area contributed by atoms with E-state index < -0.39 is 11.7 Å². The van der Waals surface area contributed by atoms with Crippen LogP contribution in [0.15, 0.2) is 46.0 Å². The van der Waals surface area contributed by atoms with E-state index in [9.17, 15) is 9.90 Å². The fraction of sp³-hybridized carbons (Fsp3) is 0. The minimum Gasteiger partial charge on any atom is -0.872 e. The van der Waals surface area contributed by atoms with Crippen molar-refractivity contribution in [3.05, 3.63) is 47.9 Å². The van der Waals surface area contributed by atoms with Crippen molar-refractivity contribution in [1.82, 2.24) is 0 Å². The first-order valence-electron chi connectivity index (χ1n) is 4.79. The first kappa shape index (κ1) is 10.9. The molecule has 0 atom stereocenters. The lowest BCUT2D eigenvalue weighted by molar-refractivity contribution is -0.268. The molecule has 2 rings (SSSR count). The van der Waals surface area contributed by atoms with E-state index in [1.165, 1.54) is 30.7 Å². The summed E-state index contributed by atoms with van der Waals surface area (Å²) in [5.74, 6) is -1.24. The number of carboxylic acids is 1. The molecule has 0 spiro atoms. The SMILES string of the molecule is O=C(O)c1cc(N=Cc2ccco2)ccc1[O-]. The lowest BCUT2D eigenvalue weighted by Gasteiger charge is -2.09. The predicted molar refractivity (Wildman–Crippen MR) is 58.8 cm³/mol. The molecule has 1 N–H and O–H groups in total. The number of aliphatic imine (C=N–C) groups is 1. The molecule has 0 unspecified atom stereocenters. The minimum absolute atomic E-state index is 0.293. The lowest BCUT2D eigenvalue weighted by atomic mass is 10.2. The number of nitrogens with zero attached hydrogens (tertiary/aromatic N) is 1. The number of carbonyl (C=O) groups is 1. The number of benzene rings is 1. The van der Waals surface area contributed by atoms with Gasteiger partial charge in [-0.1, -0.05) is 11.8 Å². The van der Waals surface area contributed by atoms with Crippen molar-refractivity contribution in [2.24, 2.45) is 4.99 Å². The maximum absolute atomic E-state index is 11.2. The summed E-state index contributed by atoms with van der Waals surface area (Å²) in [6.45, 7) is 0. The summed E-state index contributed by atoms with van der Waals surface area (Å²) in [7, 11) is 0. The van der Waals surface area contributed by atoms with Gasteiger partial charge in [-0.3, -0.25) is 4.99 Å². The molecule has 5 heteroatoms. The highest BCUT2D eigenvalue weighted by atomic mass is 16.4. The average Bonchev–Trinajstić information content (AvgIpc) is 2.80. The second-order valence-corrected chi connectivity index (χ2v) is 3.26. The smallest absolute Gasteiger partial charge is 0.335 e. The van der Waals surface area contributed by atoms with Gasteiger partial charge < -0.3 is 14.6 Å². The van der Waals surface area contributed by atoms with Gasteiger partial charge in [-0.05, 0) is 24.3 Å².